The fraction of sp³-hybridized carbons (Fsp3) is 0.366. The second-order valence-corrected chi connectivity index (χ2v) is 35.8. The molecule has 8 aromatic rings. The van der Waals surface area contributed by atoms with Crippen LogP contribution in [0.15, 0.2) is 165 Å². The molecule has 0 aliphatic carbocycles. The van der Waals surface area contributed by atoms with Crippen molar-refractivity contribution in [3.8, 4) is 0 Å². The van der Waals surface area contributed by atoms with Crippen LogP contribution in [0, 0.1) is 44.0 Å². The number of hydrogen-bond donors (Lipinski definition) is 6. The quantitative estimate of drug-likeness (QED) is 0.0186. The van der Waals surface area contributed by atoms with Gasteiger partial charge in [-0.2, -0.15) is 0 Å². The zero-order valence-corrected chi connectivity index (χ0v) is 68.4. The van der Waals surface area contributed by atoms with Crippen molar-refractivity contribution in [1.29, 1.82) is 0 Å². The number of carboxylic acids is 2. The van der Waals surface area contributed by atoms with Crippen LogP contribution in [-0.2, 0) is 68.7 Å². The smallest absolute Gasteiger partial charge is 0.305 e. The number of ether oxygens (including phenoxy) is 2. The lowest BCUT2D eigenvalue weighted by molar-refractivity contribution is -0.141. The number of sulfonamides is 4. The number of aliphatic carboxylic acids is 2. The summed E-state index contributed by atoms with van der Waals surface area (Å²) in [5.74, 6) is -4.30. The number of unbranched alkanes of at least 4 members (excludes halogenated alkanes) is 4. The van der Waals surface area contributed by atoms with E-state index in [0.717, 1.165) is 22.8 Å². The number of carbonyl (C=O) groups excluding carboxylic acids is 2. The van der Waals surface area contributed by atoms with E-state index in [-0.39, 0.29) is 73.5 Å². The number of halogens is 5. The fourth-order valence-corrected chi connectivity index (χ4v) is 20.1. The zero-order chi connectivity index (χ0) is 83.3. The fourth-order valence-electron chi connectivity index (χ4n) is 13.9. The average molecular weight is 1690 g/mol. The van der Waals surface area contributed by atoms with Gasteiger partial charge in [0.1, 0.15) is 23.3 Å². The number of para-hydroxylation sites is 4. The molecule has 620 valence electrons. The van der Waals surface area contributed by atoms with Crippen molar-refractivity contribution in [2.45, 2.75) is 149 Å². The Hall–Kier alpha value is -9.51. The highest BCUT2D eigenvalue weighted by molar-refractivity contribution is 7.93. The molecule has 6 N–H and O–H groups in total. The highest BCUT2D eigenvalue weighted by Crippen LogP contribution is 2.46. The largest absolute Gasteiger partial charge is 0.481 e. The van der Waals surface area contributed by atoms with Crippen molar-refractivity contribution in [1.82, 2.24) is 21.3 Å². The van der Waals surface area contributed by atoms with Gasteiger partial charge >= 0.3 is 23.9 Å². The zero-order valence-electron chi connectivity index (χ0n) is 64.4. The monoisotopic (exact) mass is 1690 g/mol. The van der Waals surface area contributed by atoms with Gasteiger partial charge in [0.15, 0.2) is 0 Å². The van der Waals surface area contributed by atoms with Crippen LogP contribution in [0.25, 0.3) is 0 Å². The highest BCUT2D eigenvalue weighted by Gasteiger charge is 2.41. The Morgan fingerprint density at radius 3 is 0.835 bits per heavy atom. The molecule has 12 rings (SSSR count). The number of nitrogens with one attached hydrogen (secondary N) is 4. The summed E-state index contributed by atoms with van der Waals surface area (Å²) in [5.41, 5.74) is 7.27. The van der Waals surface area contributed by atoms with Crippen LogP contribution < -0.4 is 38.5 Å². The van der Waals surface area contributed by atoms with Gasteiger partial charge in [-0.05, 0) is 232 Å². The van der Waals surface area contributed by atoms with Gasteiger partial charge in [-0.1, -0.05) is 91.8 Å². The summed E-state index contributed by atoms with van der Waals surface area (Å²) in [5, 5.41) is 30.6. The predicted molar refractivity (Wildman–Crippen MR) is 434 cm³/mol. The van der Waals surface area contributed by atoms with Gasteiger partial charge in [0.05, 0.1) is 85.7 Å². The Kier molecular flexibility index (Phi) is 31.2. The first-order chi connectivity index (χ1) is 54.0. The number of fused-ring (bicyclic) bond motifs is 8. The molecule has 8 aromatic carbocycles. The first kappa shape index (κ1) is 91.0. The molecule has 0 spiro atoms. The number of rotatable bonds is 24. The summed E-state index contributed by atoms with van der Waals surface area (Å²) < 4.78 is 177. The van der Waals surface area contributed by atoms with Gasteiger partial charge in [-0.3, -0.25) is 36.4 Å². The molecule has 115 heavy (non-hydrogen) atoms. The summed E-state index contributed by atoms with van der Waals surface area (Å²) >= 11 is 5.90. The number of benzene rings is 8. The lowest BCUT2D eigenvalue weighted by Crippen LogP contribution is -2.26. The predicted octanol–water partition coefficient (Wildman–Crippen LogP) is 14.0. The van der Waals surface area contributed by atoms with Crippen LogP contribution in [-0.4, -0.2) is 136 Å². The Labute approximate surface area is 675 Å². The van der Waals surface area contributed by atoms with Crippen LogP contribution in [0.3, 0.4) is 0 Å². The van der Waals surface area contributed by atoms with Crippen molar-refractivity contribution in [3.63, 3.8) is 0 Å². The molecule has 0 saturated heterocycles. The number of carboxylic acid groups (broad SMARTS) is 2. The van der Waals surface area contributed by atoms with E-state index in [1.54, 1.807) is 55.5 Å². The van der Waals surface area contributed by atoms with Crippen LogP contribution in [0.2, 0.25) is 5.02 Å². The molecule has 0 fully saturated rings. The molecule has 0 amide bonds. The normalized spacial score (nSPS) is 17.2. The number of aryl methyl sites for hydroxylation is 3. The third kappa shape index (κ3) is 20.7. The van der Waals surface area contributed by atoms with Crippen LogP contribution >= 0.6 is 11.6 Å². The number of methoxy groups -OCH3 is 2. The van der Waals surface area contributed by atoms with E-state index in [4.69, 9.17) is 21.8 Å². The lowest BCUT2D eigenvalue weighted by Gasteiger charge is -2.22. The Balaban J connectivity index is 0.000000191. The minimum atomic E-state index is -3.91. The average Bonchev–Trinajstić information content (AvgIpc) is 1.62. The summed E-state index contributed by atoms with van der Waals surface area (Å²) in [6.07, 6.45) is 5.62. The van der Waals surface area contributed by atoms with E-state index in [9.17, 15) is 70.4 Å². The third-order valence-corrected chi connectivity index (χ3v) is 27.8. The number of carbonyl (C=O) groups is 4. The van der Waals surface area contributed by atoms with Gasteiger partial charge < -0.3 is 41.0 Å². The number of esters is 2. The number of nitrogens with zero attached hydrogens (tertiary/aromatic N) is 4. The van der Waals surface area contributed by atoms with Crippen LogP contribution in [0.5, 0.6) is 0 Å². The topological polar surface area (TPSA) is 325 Å². The van der Waals surface area contributed by atoms with Crippen molar-refractivity contribution in [3.05, 3.63) is 235 Å². The molecule has 4 heterocycles. The van der Waals surface area contributed by atoms with Crippen molar-refractivity contribution < 1.29 is 90.1 Å². The van der Waals surface area contributed by atoms with E-state index in [2.05, 4.69) is 30.7 Å². The van der Waals surface area contributed by atoms with Gasteiger partial charge in [0, 0.05) is 53.9 Å². The van der Waals surface area contributed by atoms with E-state index in [1.165, 1.54) is 116 Å². The number of anilines is 4. The Morgan fingerprint density at radius 2 is 0.591 bits per heavy atom. The molecule has 0 aromatic heterocycles. The van der Waals surface area contributed by atoms with Gasteiger partial charge in [0.25, 0.3) is 40.1 Å². The molecule has 0 saturated carbocycles. The third-order valence-electron chi connectivity index (χ3n) is 20.2. The molecule has 4 aliphatic heterocycles. The van der Waals surface area contributed by atoms with E-state index >= 15 is 0 Å². The van der Waals surface area contributed by atoms with E-state index in [1.807, 2.05) is 48.5 Å². The minimum absolute atomic E-state index is 0. The Morgan fingerprint density at radius 1 is 0.365 bits per heavy atom. The molecule has 4 aliphatic rings. The SMILES string of the molecule is C.COC(=O)CCCCNC1c2ccccc2N(C)S(=O)(=O)c2cc(C)c(F)cc21.COC(=O)CCCCNC1c2ccccc2N(C)S(=O)(=O)c2cc(Cl)c(F)cc21.Cc1cc2c(cc1F)C(NCCCCC(=O)O)c1ccccc1N(C)S2(=O)=O.Cc1cc2c(cc1F)C(NCCCCC(=O)O)c1ccccc1N(C)S2(=O)=O. The first-order valence-electron chi connectivity index (χ1n) is 36.7. The van der Waals surface area contributed by atoms with Crippen LogP contribution in [0.4, 0.5) is 40.3 Å². The van der Waals surface area contributed by atoms with Crippen molar-refractivity contribution >= 4 is 98.3 Å². The van der Waals surface area contributed by atoms with Gasteiger partial charge in [-0.15, -0.1) is 0 Å². The van der Waals surface area contributed by atoms with E-state index < -0.39 is 99.5 Å². The summed E-state index contributed by atoms with van der Waals surface area (Å²) in [6, 6.07) is 36.8. The Bertz CT molecular complexity index is 5050. The molecule has 0 bridgehead atoms. The van der Waals surface area contributed by atoms with Crippen molar-refractivity contribution in [2.75, 3.05) is 85.8 Å². The molecule has 0 radical (unpaired) electrons. The maximum atomic E-state index is 14.4. The van der Waals surface area contributed by atoms with E-state index in [0.29, 0.717) is 141 Å². The van der Waals surface area contributed by atoms with Crippen molar-refractivity contribution in [2.24, 2.45) is 0 Å². The van der Waals surface area contributed by atoms with Crippen LogP contribution in [0.1, 0.15) is 170 Å². The minimum Gasteiger partial charge on any atom is -0.481 e. The maximum Gasteiger partial charge on any atom is 0.305 e. The summed E-state index contributed by atoms with van der Waals surface area (Å²) in [6.45, 7) is 6.63. The standard InChI is InChI=1S/C21H25FN2O4S.C20H22ClFN2O4S.2C20H23FN2O4S.CH4/c1-14-12-19-16(13-17(14)22)21(23-11-7-6-10-20(25)28-3)15-8-4-5-9-18(15)24(2)29(19,26)27;1-24-17-8-4-3-7-13(17)20(23-10-6-5-9-19(25)28-2)14-11-16(22)15(21)12-18(14)29(24,26)27;2*1-13-11-18-15(12-16(13)21)20(22-10-6-5-9-19(24)25)14-7-3-4-8-17(14)23(2)28(18,26)27;/h4-5,8-9,12-13,21,23H,6-7,10-11H2,1-3H3;3-4,7-8,11-12,20,23H,5-6,9-10H2,1-2H3;2*3-4,7-8,11-12,20,22H,5-6,9-10H2,1-2H3,(H,24,25);1H4. The molecular weight excluding hydrogens is 1590 g/mol. The first-order valence-corrected chi connectivity index (χ1v) is 42.9. The summed E-state index contributed by atoms with van der Waals surface area (Å²) in [7, 11) is -6.76. The second kappa shape index (κ2) is 39.4. The molecule has 4 unspecified atom stereocenters. The molecule has 33 heteroatoms. The second-order valence-electron chi connectivity index (χ2n) is 27.7. The molecule has 24 nitrogen and oxygen atoms in total. The maximum absolute atomic E-state index is 14.4. The lowest BCUT2D eigenvalue weighted by atomic mass is 9.95. The van der Waals surface area contributed by atoms with Gasteiger partial charge in [0.2, 0.25) is 0 Å². The summed E-state index contributed by atoms with van der Waals surface area (Å²) in [4.78, 5) is 44.1. The molecule has 4 atom stereocenters. The highest BCUT2D eigenvalue weighted by atomic mass is 35.5. The number of hydrogen-bond acceptors (Lipinski definition) is 18. The van der Waals surface area contributed by atoms with Gasteiger partial charge in [-0.25, -0.2) is 51.2 Å². The molecular formula is C82H97ClF4N8O16S4.